The van der Waals surface area contributed by atoms with Crippen molar-refractivity contribution in [3.05, 3.63) is 0 Å². The molecule has 2 N–H and O–H groups in total. The van der Waals surface area contributed by atoms with Crippen LogP contribution in [-0.4, -0.2) is 28.5 Å². The highest BCUT2D eigenvalue weighted by Gasteiger charge is 2.15. The SMILES string of the molecule is CCCC(C)N(CCC(N)=S)C(C)C. The quantitative estimate of drug-likeness (QED) is 0.663. The van der Waals surface area contributed by atoms with Crippen LogP contribution < -0.4 is 5.73 Å². The Hall–Kier alpha value is -0.150. The summed E-state index contributed by atoms with van der Waals surface area (Å²) in [6.45, 7) is 9.96. The van der Waals surface area contributed by atoms with Crippen LogP contribution in [-0.2, 0) is 0 Å². The van der Waals surface area contributed by atoms with Gasteiger partial charge in [-0.15, -0.1) is 0 Å². The summed E-state index contributed by atoms with van der Waals surface area (Å²) in [5.41, 5.74) is 5.52. The zero-order valence-corrected chi connectivity index (χ0v) is 10.7. The molecular weight excluding hydrogens is 192 g/mol. The molecule has 0 aromatic rings. The second kappa shape index (κ2) is 7.18. The molecule has 0 saturated heterocycles. The van der Waals surface area contributed by atoms with E-state index in [2.05, 4.69) is 32.6 Å². The van der Waals surface area contributed by atoms with Gasteiger partial charge in [-0.1, -0.05) is 25.6 Å². The van der Waals surface area contributed by atoms with Crippen LogP contribution >= 0.6 is 12.2 Å². The molecule has 1 unspecified atom stereocenters. The van der Waals surface area contributed by atoms with Crippen LogP contribution in [0.15, 0.2) is 0 Å². The van der Waals surface area contributed by atoms with E-state index in [4.69, 9.17) is 18.0 Å². The zero-order valence-electron chi connectivity index (χ0n) is 9.92. The Bertz CT molecular complexity index is 169. The second-order valence-corrected chi connectivity index (χ2v) is 4.71. The van der Waals surface area contributed by atoms with Crippen LogP contribution in [0.1, 0.15) is 47.0 Å². The molecule has 0 spiro atoms. The number of hydrogen-bond acceptors (Lipinski definition) is 2. The van der Waals surface area contributed by atoms with Crippen LogP contribution in [0, 0.1) is 0 Å². The van der Waals surface area contributed by atoms with Gasteiger partial charge >= 0.3 is 0 Å². The molecule has 0 aromatic heterocycles. The molecule has 0 amide bonds. The Morgan fingerprint density at radius 1 is 1.36 bits per heavy atom. The standard InChI is InChI=1S/C11H24N2S/c1-5-6-10(4)13(9(2)3)8-7-11(12)14/h9-10H,5-8H2,1-4H3,(H2,12,14). The third kappa shape index (κ3) is 5.55. The van der Waals surface area contributed by atoms with E-state index in [1.54, 1.807) is 0 Å². The van der Waals surface area contributed by atoms with Gasteiger partial charge in [-0.3, -0.25) is 4.90 Å². The molecular formula is C11H24N2S. The van der Waals surface area contributed by atoms with Gasteiger partial charge in [-0.2, -0.15) is 0 Å². The maximum absolute atomic E-state index is 5.52. The lowest BCUT2D eigenvalue weighted by Crippen LogP contribution is -2.40. The largest absolute Gasteiger partial charge is 0.393 e. The highest BCUT2D eigenvalue weighted by Crippen LogP contribution is 2.11. The highest BCUT2D eigenvalue weighted by molar-refractivity contribution is 7.80. The van der Waals surface area contributed by atoms with Gasteiger partial charge in [0.1, 0.15) is 0 Å². The molecule has 0 fully saturated rings. The van der Waals surface area contributed by atoms with E-state index in [1.807, 2.05) is 0 Å². The molecule has 0 aromatic carbocycles. The van der Waals surface area contributed by atoms with Crippen molar-refractivity contribution in [2.45, 2.75) is 59.0 Å². The van der Waals surface area contributed by atoms with Gasteiger partial charge < -0.3 is 5.73 Å². The maximum Gasteiger partial charge on any atom is 0.0740 e. The number of nitrogens with two attached hydrogens (primary N) is 1. The predicted octanol–water partition coefficient (Wildman–Crippen LogP) is 2.56. The van der Waals surface area contributed by atoms with Gasteiger partial charge in [0.2, 0.25) is 0 Å². The first-order chi connectivity index (χ1) is 6.49. The molecule has 84 valence electrons. The van der Waals surface area contributed by atoms with Crippen molar-refractivity contribution in [3.63, 3.8) is 0 Å². The summed E-state index contributed by atoms with van der Waals surface area (Å²) in [5, 5.41) is 0. The van der Waals surface area contributed by atoms with Gasteiger partial charge in [0.25, 0.3) is 0 Å². The molecule has 0 aliphatic heterocycles. The molecule has 14 heavy (non-hydrogen) atoms. The molecule has 3 heteroatoms. The van der Waals surface area contributed by atoms with Gasteiger partial charge in [0.15, 0.2) is 0 Å². The maximum atomic E-state index is 5.52. The molecule has 0 heterocycles. The van der Waals surface area contributed by atoms with Crippen molar-refractivity contribution >= 4 is 17.2 Å². The van der Waals surface area contributed by atoms with Crippen LogP contribution in [0.4, 0.5) is 0 Å². The monoisotopic (exact) mass is 216 g/mol. The number of rotatable bonds is 7. The lowest BCUT2D eigenvalue weighted by atomic mass is 10.1. The molecule has 0 bridgehead atoms. The second-order valence-electron chi connectivity index (χ2n) is 4.19. The van der Waals surface area contributed by atoms with Crippen molar-refractivity contribution < 1.29 is 0 Å². The fourth-order valence-corrected chi connectivity index (χ4v) is 1.90. The zero-order chi connectivity index (χ0) is 11.1. The van der Waals surface area contributed by atoms with E-state index in [-0.39, 0.29) is 0 Å². The summed E-state index contributed by atoms with van der Waals surface area (Å²) in [6.07, 6.45) is 3.31. The number of hydrogen-bond donors (Lipinski definition) is 1. The van der Waals surface area contributed by atoms with Crippen LogP contribution in [0.25, 0.3) is 0 Å². The Kier molecular flexibility index (Phi) is 7.11. The summed E-state index contributed by atoms with van der Waals surface area (Å²) in [6, 6.07) is 1.21. The topological polar surface area (TPSA) is 29.3 Å². The first-order valence-corrected chi connectivity index (χ1v) is 5.93. The first kappa shape index (κ1) is 13.8. The average molecular weight is 216 g/mol. The summed E-state index contributed by atoms with van der Waals surface area (Å²) >= 11 is 4.90. The van der Waals surface area contributed by atoms with E-state index >= 15 is 0 Å². The highest BCUT2D eigenvalue weighted by atomic mass is 32.1. The fraction of sp³-hybridized carbons (Fsp3) is 0.909. The summed E-state index contributed by atoms with van der Waals surface area (Å²) < 4.78 is 0. The summed E-state index contributed by atoms with van der Waals surface area (Å²) in [7, 11) is 0. The smallest absolute Gasteiger partial charge is 0.0740 e. The third-order valence-electron chi connectivity index (χ3n) is 2.55. The van der Waals surface area contributed by atoms with Crippen LogP contribution in [0.2, 0.25) is 0 Å². The lowest BCUT2D eigenvalue weighted by Gasteiger charge is -2.32. The predicted molar refractivity (Wildman–Crippen MR) is 67.6 cm³/mol. The molecule has 0 saturated carbocycles. The first-order valence-electron chi connectivity index (χ1n) is 5.53. The third-order valence-corrected chi connectivity index (χ3v) is 2.76. The Balaban J connectivity index is 4.07. The summed E-state index contributed by atoms with van der Waals surface area (Å²) in [4.78, 5) is 3.10. The molecule has 0 aliphatic rings. The van der Waals surface area contributed by atoms with E-state index in [9.17, 15) is 0 Å². The van der Waals surface area contributed by atoms with E-state index in [1.165, 1.54) is 12.8 Å². The van der Waals surface area contributed by atoms with E-state index in [0.29, 0.717) is 17.1 Å². The minimum absolute atomic E-state index is 0.575. The van der Waals surface area contributed by atoms with Crippen molar-refractivity contribution in [1.29, 1.82) is 0 Å². The molecule has 0 radical (unpaired) electrons. The van der Waals surface area contributed by atoms with Gasteiger partial charge in [0, 0.05) is 25.0 Å². The van der Waals surface area contributed by atoms with Crippen molar-refractivity contribution in [3.8, 4) is 0 Å². The van der Waals surface area contributed by atoms with Gasteiger partial charge in [-0.25, -0.2) is 0 Å². The Labute approximate surface area is 93.8 Å². The molecule has 0 aliphatic carbocycles. The minimum atomic E-state index is 0.575. The molecule has 0 rings (SSSR count). The van der Waals surface area contributed by atoms with Crippen molar-refractivity contribution in [2.75, 3.05) is 6.54 Å². The van der Waals surface area contributed by atoms with Crippen molar-refractivity contribution in [2.24, 2.45) is 5.73 Å². The molecule has 1 atom stereocenters. The minimum Gasteiger partial charge on any atom is -0.393 e. The Morgan fingerprint density at radius 2 is 1.93 bits per heavy atom. The normalized spacial score (nSPS) is 13.6. The van der Waals surface area contributed by atoms with Gasteiger partial charge in [-0.05, 0) is 27.2 Å². The van der Waals surface area contributed by atoms with Crippen molar-refractivity contribution in [1.82, 2.24) is 4.90 Å². The lowest BCUT2D eigenvalue weighted by molar-refractivity contribution is 0.160. The Morgan fingerprint density at radius 3 is 2.29 bits per heavy atom. The van der Waals surface area contributed by atoms with E-state index in [0.717, 1.165) is 13.0 Å². The number of thiocarbonyl (C=S) groups is 1. The summed E-state index contributed by atoms with van der Waals surface area (Å²) in [5.74, 6) is 0. The van der Waals surface area contributed by atoms with E-state index < -0.39 is 0 Å². The molecule has 2 nitrogen and oxygen atoms in total. The number of nitrogens with zero attached hydrogens (tertiary/aromatic N) is 1. The van der Waals surface area contributed by atoms with Crippen LogP contribution in [0.3, 0.4) is 0 Å². The van der Waals surface area contributed by atoms with Gasteiger partial charge in [0.05, 0.1) is 4.99 Å². The average Bonchev–Trinajstić information content (AvgIpc) is 2.03. The fourth-order valence-electron chi connectivity index (χ4n) is 1.81. The van der Waals surface area contributed by atoms with Crippen LogP contribution in [0.5, 0.6) is 0 Å².